The van der Waals surface area contributed by atoms with E-state index in [0.717, 1.165) is 17.0 Å². The maximum atomic E-state index is 12.8. The molecule has 1 aromatic heterocycles. The Bertz CT molecular complexity index is 796. The molecule has 1 aromatic carbocycles. The summed E-state index contributed by atoms with van der Waals surface area (Å²) in [5.41, 5.74) is 8.07. The Balaban J connectivity index is 0.00000280. The number of hydrogen-bond acceptors (Lipinski definition) is 5. The van der Waals surface area contributed by atoms with E-state index in [1.54, 1.807) is 10.3 Å². The summed E-state index contributed by atoms with van der Waals surface area (Å²) in [6, 6.07) is 8.01. The second kappa shape index (κ2) is 10.1. The standard InChI is InChI=1S/C21H27N3O2S.ClH/c1-14(2)11-15-3-5-16(6-4-15)20(25)17-7-9-24(10-8-17)21(26)18-13-27-19(12-22)23-18;/h3-6,13-14,17H,7-12,22H2,1-2H3;1H. The maximum absolute atomic E-state index is 12.8. The second-order valence-corrected chi connectivity index (χ2v) is 8.50. The lowest BCUT2D eigenvalue weighted by molar-refractivity contribution is 0.0646. The number of piperidine rings is 1. The van der Waals surface area contributed by atoms with Crippen molar-refractivity contribution in [1.82, 2.24) is 9.88 Å². The van der Waals surface area contributed by atoms with Crippen molar-refractivity contribution in [1.29, 1.82) is 0 Å². The number of hydrogen-bond donors (Lipinski definition) is 1. The van der Waals surface area contributed by atoms with Gasteiger partial charge in [-0.2, -0.15) is 0 Å². The van der Waals surface area contributed by atoms with Crippen LogP contribution in [0.1, 0.15) is 58.1 Å². The van der Waals surface area contributed by atoms with Crippen molar-refractivity contribution in [3.8, 4) is 0 Å². The van der Waals surface area contributed by atoms with Crippen LogP contribution < -0.4 is 5.73 Å². The zero-order valence-corrected chi connectivity index (χ0v) is 18.0. The minimum Gasteiger partial charge on any atom is -0.337 e. The predicted molar refractivity (Wildman–Crippen MR) is 115 cm³/mol. The second-order valence-electron chi connectivity index (χ2n) is 7.56. The molecule has 2 heterocycles. The summed E-state index contributed by atoms with van der Waals surface area (Å²) in [5.74, 6) is 0.722. The van der Waals surface area contributed by atoms with Crippen molar-refractivity contribution >= 4 is 35.4 Å². The Morgan fingerprint density at radius 2 is 1.86 bits per heavy atom. The molecule has 0 bridgehead atoms. The third-order valence-corrected chi connectivity index (χ3v) is 5.85. The number of thiazole rings is 1. The van der Waals surface area contributed by atoms with Gasteiger partial charge in [-0.1, -0.05) is 38.1 Å². The number of nitrogens with zero attached hydrogens (tertiary/aromatic N) is 2. The number of rotatable bonds is 6. The van der Waals surface area contributed by atoms with Gasteiger partial charge in [0, 0.05) is 36.5 Å². The highest BCUT2D eigenvalue weighted by molar-refractivity contribution is 7.09. The molecule has 0 aliphatic carbocycles. The predicted octanol–water partition coefficient (Wildman–Crippen LogP) is 3.96. The van der Waals surface area contributed by atoms with Gasteiger partial charge in [-0.3, -0.25) is 9.59 Å². The topological polar surface area (TPSA) is 76.3 Å². The van der Waals surface area contributed by atoms with E-state index >= 15 is 0 Å². The SMILES string of the molecule is CC(C)Cc1ccc(C(=O)C2CCN(C(=O)c3csc(CN)n3)CC2)cc1.Cl. The fourth-order valence-corrected chi connectivity index (χ4v) is 4.17. The number of nitrogens with two attached hydrogens (primary N) is 1. The van der Waals surface area contributed by atoms with E-state index in [-0.39, 0.29) is 30.0 Å². The Labute approximate surface area is 176 Å². The molecule has 1 amide bonds. The van der Waals surface area contributed by atoms with Gasteiger partial charge in [0.15, 0.2) is 5.78 Å². The summed E-state index contributed by atoms with van der Waals surface area (Å²) in [7, 11) is 0. The molecule has 1 aliphatic rings. The van der Waals surface area contributed by atoms with Crippen LogP contribution in [0.5, 0.6) is 0 Å². The van der Waals surface area contributed by atoms with E-state index in [1.807, 2.05) is 12.1 Å². The van der Waals surface area contributed by atoms with Gasteiger partial charge >= 0.3 is 0 Å². The van der Waals surface area contributed by atoms with Crippen LogP contribution in [0.3, 0.4) is 0 Å². The molecule has 2 N–H and O–H groups in total. The molecule has 1 fully saturated rings. The Hall–Kier alpha value is -1.76. The number of benzene rings is 1. The Kier molecular flexibility index (Phi) is 8.16. The molecule has 1 saturated heterocycles. The van der Waals surface area contributed by atoms with Gasteiger partial charge < -0.3 is 10.6 Å². The van der Waals surface area contributed by atoms with E-state index in [1.165, 1.54) is 16.9 Å². The molecule has 7 heteroatoms. The minimum absolute atomic E-state index is 0. The maximum Gasteiger partial charge on any atom is 0.273 e. The first-order chi connectivity index (χ1) is 13.0. The molecule has 2 aromatic rings. The van der Waals surface area contributed by atoms with Gasteiger partial charge in [0.05, 0.1) is 0 Å². The van der Waals surface area contributed by atoms with E-state index in [2.05, 4.69) is 31.0 Å². The summed E-state index contributed by atoms with van der Waals surface area (Å²) < 4.78 is 0. The summed E-state index contributed by atoms with van der Waals surface area (Å²) in [5, 5.41) is 2.53. The van der Waals surface area contributed by atoms with Crippen molar-refractivity contribution < 1.29 is 9.59 Å². The molecule has 1 aliphatic heterocycles. The number of carbonyl (C=O) groups excluding carboxylic acids is 2. The fourth-order valence-electron chi connectivity index (χ4n) is 3.52. The molecule has 0 saturated carbocycles. The van der Waals surface area contributed by atoms with Crippen LogP contribution >= 0.6 is 23.7 Å². The summed E-state index contributed by atoms with van der Waals surface area (Å²) >= 11 is 1.41. The molecule has 0 spiro atoms. The van der Waals surface area contributed by atoms with Crippen molar-refractivity contribution in [2.45, 2.75) is 39.7 Å². The first-order valence-electron chi connectivity index (χ1n) is 9.54. The van der Waals surface area contributed by atoms with Crippen LogP contribution in [0.25, 0.3) is 0 Å². The lowest BCUT2D eigenvalue weighted by Crippen LogP contribution is -2.40. The van der Waals surface area contributed by atoms with Crippen molar-refractivity contribution in [2.75, 3.05) is 13.1 Å². The molecule has 0 unspecified atom stereocenters. The first-order valence-corrected chi connectivity index (χ1v) is 10.4. The molecular formula is C21H28ClN3O2S. The van der Waals surface area contributed by atoms with Crippen molar-refractivity contribution in [3.05, 3.63) is 51.5 Å². The van der Waals surface area contributed by atoms with E-state index in [0.29, 0.717) is 44.1 Å². The third kappa shape index (κ3) is 5.40. The zero-order valence-electron chi connectivity index (χ0n) is 16.4. The van der Waals surface area contributed by atoms with Crippen LogP contribution in [0, 0.1) is 11.8 Å². The lowest BCUT2D eigenvalue weighted by Gasteiger charge is -2.31. The molecule has 3 rings (SSSR count). The third-order valence-electron chi connectivity index (χ3n) is 4.98. The molecule has 152 valence electrons. The van der Waals surface area contributed by atoms with E-state index in [9.17, 15) is 9.59 Å². The number of carbonyl (C=O) groups is 2. The Morgan fingerprint density at radius 3 is 2.39 bits per heavy atom. The first kappa shape index (κ1) is 22.5. The van der Waals surface area contributed by atoms with Crippen LogP contribution in [0.4, 0.5) is 0 Å². The van der Waals surface area contributed by atoms with Gasteiger partial charge in [0.1, 0.15) is 10.7 Å². The molecule has 0 atom stereocenters. The summed E-state index contributed by atoms with van der Waals surface area (Å²) in [6.45, 7) is 5.92. The Morgan fingerprint density at radius 1 is 1.21 bits per heavy atom. The van der Waals surface area contributed by atoms with Crippen LogP contribution in [-0.2, 0) is 13.0 Å². The molecular weight excluding hydrogens is 394 g/mol. The average Bonchev–Trinajstić information content (AvgIpc) is 3.16. The van der Waals surface area contributed by atoms with Gasteiger partial charge in [-0.25, -0.2) is 4.98 Å². The van der Waals surface area contributed by atoms with Crippen molar-refractivity contribution in [2.24, 2.45) is 17.6 Å². The van der Waals surface area contributed by atoms with Gasteiger partial charge in [0.25, 0.3) is 5.91 Å². The minimum atomic E-state index is -0.0603. The monoisotopic (exact) mass is 421 g/mol. The van der Waals surface area contributed by atoms with Crippen molar-refractivity contribution in [3.63, 3.8) is 0 Å². The zero-order chi connectivity index (χ0) is 19.4. The number of likely N-dealkylation sites (tertiary alicyclic amines) is 1. The summed E-state index contributed by atoms with van der Waals surface area (Å²) in [4.78, 5) is 31.4. The number of amides is 1. The molecule has 5 nitrogen and oxygen atoms in total. The van der Waals surface area contributed by atoms with Gasteiger partial charge in [-0.05, 0) is 30.7 Å². The quantitative estimate of drug-likeness (QED) is 0.716. The van der Waals surface area contributed by atoms with Gasteiger partial charge in [0.2, 0.25) is 0 Å². The number of halogens is 1. The normalized spacial score (nSPS) is 14.8. The van der Waals surface area contributed by atoms with E-state index in [4.69, 9.17) is 5.73 Å². The number of aromatic nitrogens is 1. The average molecular weight is 422 g/mol. The van der Waals surface area contributed by atoms with Crippen LogP contribution in [-0.4, -0.2) is 34.7 Å². The highest BCUT2D eigenvalue weighted by Gasteiger charge is 2.29. The summed E-state index contributed by atoms with van der Waals surface area (Å²) in [6.07, 6.45) is 2.43. The van der Waals surface area contributed by atoms with E-state index < -0.39 is 0 Å². The molecule has 28 heavy (non-hydrogen) atoms. The number of ketones is 1. The highest BCUT2D eigenvalue weighted by Crippen LogP contribution is 2.24. The largest absolute Gasteiger partial charge is 0.337 e. The highest BCUT2D eigenvalue weighted by atomic mass is 35.5. The van der Waals surface area contributed by atoms with Crippen LogP contribution in [0.15, 0.2) is 29.6 Å². The molecule has 0 radical (unpaired) electrons. The van der Waals surface area contributed by atoms with Crippen LogP contribution in [0.2, 0.25) is 0 Å². The number of Topliss-reactive ketones (excluding diaryl/α,β-unsaturated/α-hetero) is 1. The smallest absolute Gasteiger partial charge is 0.273 e. The van der Waals surface area contributed by atoms with Gasteiger partial charge in [-0.15, -0.1) is 23.7 Å². The fraction of sp³-hybridized carbons (Fsp3) is 0.476. The lowest BCUT2D eigenvalue weighted by atomic mass is 9.88.